The number of pyridine rings is 1. The highest BCUT2D eigenvalue weighted by atomic mass is 16.5. The van der Waals surface area contributed by atoms with Gasteiger partial charge in [-0.3, -0.25) is 4.79 Å². The van der Waals surface area contributed by atoms with Gasteiger partial charge in [0.2, 0.25) is 0 Å². The van der Waals surface area contributed by atoms with Crippen molar-refractivity contribution in [3.63, 3.8) is 0 Å². The molecule has 88 valence electrons. The lowest BCUT2D eigenvalue weighted by Gasteiger charge is -2.09. The highest BCUT2D eigenvalue weighted by Gasteiger charge is 2.09. The zero-order valence-electron chi connectivity index (χ0n) is 9.98. The van der Waals surface area contributed by atoms with Crippen molar-refractivity contribution in [1.29, 1.82) is 0 Å². The summed E-state index contributed by atoms with van der Waals surface area (Å²) in [5.74, 6) is 1.26. The predicted octanol–water partition coefficient (Wildman–Crippen LogP) is 2.37. The van der Waals surface area contributed by atoms with Crippen LogP contribution < -0.4 is 9.47 Å². The monoisotopic (exact) mass is 231 g/mol. The molecule has 0 amide bonds. The summed E-state index contributed by atoms with van der Waals surface area (Å²) in [7, 11) is 3.16. The molecule has 4 heteroatoms. The summed E-state index contributed by atoms with van der Waals surface area (Å²) in [6, 6.07) is 5.53. The maximum atomic E-state index is 10.8. The predicted molar refractivity (Wildman–Crippen MR) is 65.0 cm³/mol. The molecule has 2 aromatic rings. The highest BCUT2D eigenvalue weighted by Crippen LogP contribution is 2.31. The quantitative estimate of drug-likeness (QED) is 0.761. The van der Waals surface area contributed by atoms with E-state index in [0.29, 0.717) is 17.2 Å². The fraction of sp³-hybridized carbons (Fsp3) is 0.231. The topological polar surface area (TPSA) is 48.4 Å². The number of aryl methyl sites for hydroxylation is 1. The number of methoxy groups -OCH3 is 2. The molecule has 1 heterocycles. The number of aromatic nitrogens is 1. The summed E-state index contributed by atoms with van der Waals surface area (Å²) in [6.45, 7) is 1.85. The van der Waals surface area contributed by atoms with Crippen molar-refractivity contribution in [2.45, 2.75) is 6.92 Å². The van der Waals surface area contributed by atoms with E-state index >= 15 is 0 Å². The van der Waals surface area contributed by atoms with Crippen molar-refractivity contribution in [2.75, 3.05) is 14.2 Å². The lowest BCUT2D eigenvalue weighted by molar-refractivity contribution is 0.111. The smallest absolute Gasteiger partial charge is 0.168 e. The number of fused-ring (bicyclic) bond motifs is 1. The molecule has 0 radical (unpaired) electrons. The summed E-state index contributed by atoms with van der Waals surface area (Å²) in [6.07, 6.45) is 0.755. The summed E-state index contributed by atoms with van der Waals surface area (Å²) in [5.41, 5.74) is 2.01. The lowest BCUT2D eigenvalue weighted by atomic mass is 10.1. The van der Waals surface area contributed by atoms with Crippen LogP contribution >= 0.6 is 0 Å². The number of carbonyl (C=O) groups is 1. The minimum atomic E-state index is 0.449. The molecule has 0 atom stereocenters. The van der Waals surface area contributed by atoms with Crippen molar-refractivity contribution >= 4 is 17.2 Å². The minimum absolute atomic E-state index is 0.449. The van der Waals surface area contributed by atoms with E-state index in [4.69, 9.17) is 9.47 Å². The summed E-state index contributed by atoms with van der Waals surface area (Å²) in [5, 5.41) is 0.922. The zero-order valence-corrected chi connectivity index (χ0v) is 9.98. The van der Waals surface area contributed by atoms with Crippen molar-refractivity contribution in [2.24, 2.45) is 0 Å². The van der Waals surface area contributed by atoms with Gasteiger partial charge in [-0.25, -0.2) is 4.98 Å². The van der Waals surface area contributed by atoms with Crippen LogP contribution in [0.3, 0.4) is 0 Å². The molecule has 0 saturated carbocycles. The first-order valence-corrected chi connectivity index (χ1v) is 5.18. The number of hydrogen-bond acceptors (Lipinski definition) is 4. The molecule has 0 N–H and O–H groups in total. The molecule has 0 spiro atoms. The van der Waals surface area contributed by atoms with E-state index in [0.717, 1.165) is 22.8 Å². The average Bonchev–Trinajstić information content (AvgIpc) is 2.36. The Morgan fingerprint density at radius 1 is 1.12 bits per heavy atom. The second-order valence-electron chi connectivity index (χ2n) is 3.71. The first-order valence-electron chi connectivity index (χ1n) is 5.18. The fourth-order valence-electron chi connectivity index (χ4n) is 1.74. The second-order valence-corrected chi connectivity index (χ2v) is 3.71. The Morgan fingerprint density at radius 3 is 2.35 bits per heavy atom. The van der Waals surface area contributed by atoms with E-state index in [1.165, 1.54) is 0 Å². The number of hydrogen-bond donors (Lipinski definition) is 0. The van der Waals surface area contributed by atoms with Crippen LogP contribution in [0.2, 0.25) is 0 Å². The minimum Gasteiger partial charge on any atom is -0.493 e. The maximum absolute atomic E-state index is 10.8. The van der Waals surface area contributed by atoms with Gasteiger partial charge < -0.3 is 9.47 Å². The molecule has 2 rings (SSSR count). The van der Waals surface area contributed by atoms with E-state index in [1.54, 1.807) is 20.3 Å². The Morgan fingerprint density at radius 2 is 1.76 bits per heavy atom. The Bertz CT molecular complexity index is 578. The standard InChI is InChI=1S/C13H13NO3/c1-8-4-9-5-12(16-2)13(17-3)6-10(9)14-11(8)7-15/h4-7H,1-3H3. The van der Waals surface area contributed by atoms with Crippen LogP contribution in [0.15, 0.2) is 18.2 Å². The van der Waals surface area contributed by atoms with E-state index in [9.17, 15) is 4.79 Å². The Balaban J connectivity index is 2.74. The van der Waals surface area contributed by atoms with Crippen LogP contribution in [0.4, 0.5) is 0 Å². The molecule has 0 fully saturated rings. The third-order valence-electron chi connectivity index (χ3n) is 2.66. The first kappa shape index (κ1) is 11.4. The van der Waals surface area contributed by atoms with Gasteiger partial charge >= 0.3 is 0 Å². The van der Waals surface area contributed by atoms with Crippen molar-refractivity contribution in [1.82, 2.24) is 4.98 Å². The maximum Gasteiger partial charge on any atom is 0.168 e. The summed E-state index contributed by atoms with van der Waals surface area (Å²) >= 11 is 0. The lowest BCUT2D eigenvalue weighted by Crippen LogP contribution is -1.95. The largest absolute Gasteiger partial charge is 0.493 e. The number of nitrogens with zero attached hydrogens (tertiary/aromatic N) is 1. The molecule has 4 nitrogen and oxygen atoms in total. The van der Waals surface area contributed by atoms with E-state index in [2.05, 4.69) is 4.98 Å². The fourth-order valence-corrected chi connectivity index (χ4v) is 1.74. The SMILES string of the molecule is COc1cc2cc(C)c(C=O)nc2cc1OC. The van der Waals surface area contributed by atoms with Crippen molar-refractivity contribution in [3.8, 4) is 11.5 Å². The van der Waals surface area contributed by atoms with Crippen LogP contribution in [0.1, 0.15) is 16.1 Å². The van der Waals surface area contributed by atoms with E-state index in [-0.39, 0.29) is 0 Å². The summed E-state index contributed by atoms with van der Waals surface area (Å²) < 4.78 is 10.4. The Kier molecular flexibility index (Phi) is 2.95. The Hall–Kier alpha value is -2.10. The van der Waals surface area contributed by atoms with Gasteiger partial charge in [0.15, 0.2) is 17.8 Å². The van der Waals surface area contributed by atoms with Crippen molar-refractivity contribution in [3.05, 3.63) is 29.5 Å². The van der Waals surface area contributed by atoms with Gasteiger partial charge in [-0.2, -0.15) is 0 Å². The molecule has 0 unspecified atom stereocenters. The number of benzene rings is 1. The van der Waals surface area contributed by atoms with Gasteiger partial charge in [-0.15, -0.1) is 0 Å². The molecule has 1 aromatic heterocycles. The molecule has 0 aliphatic heterocycles. The third-order valence-corrected chi connectivity index (χ3v) is 2.66. The van der Waals surface area contributed by atoms with Crippen LogP contribution in [0.5, 0.6) is 11.5 Å². The van der Waals surface area contributed by atoms with Crippen molar-refractivity contribution < 1.29 is 14.3 Å². The molecule has 0 saturated heterocycles. The van der Waals surface area contributed by atoms with Gasteiger partial charge in [0, 0.05) is 11.5 Å². The molecular formula is C13H13NO3. The van der Waals surface area contributed by atoms with Crippen LogP contribution in [-0.2, 0) is 0 Å². The van der Waals surface area contributed by atoms with Crippen LogP contribution in [0.25, 0.3) is 10.9 Å². The van der Waals surface area contributed by atoms with Crippen LogP contribution in [0, 0.1) is 6.92 Å². The van der Waals surface area contributed by atoms with Gasteiger partial charge in [0.25, 0.3) is 0 Å². The molecule has 0 aliphatic carbocycles. The summed E-state index contributed by atoms with van der Waals surface area (Å²) in [4.78, 5) is 15.1. The van der Waals surface area contributed by atoms with E-state index < -0.39 is 0 Å². The normalized spacial score (nSPS) is 10.3. The van der Waals surface area contributed by atoms with Gasteiger partial charge in [-0.05, 0) is 24.6 Å². The Labute approximate surface area is 99.2 Å². The van der Waals surface area contributed by atoms with Gasteiger partial charge in [0.05, 0.1) is 19.7 Å². The molecule has 1 aromatic carbocycles. The third kappa shape index (κ3) is 1.93. The molecular weight excluding hydrogens is 218 g/mol. The number of ether oxygens (including phenoxy) is 2. The zero-order chi connectivity index (χ0) is 12.4. The molecule has 0 aliphatic rings. The van der Waals surface area contributed by atoms with Gasteiger partial charge in [0.1, 0.15) is 5.69 Å². The second kappa shape index (κ2) is 4.41. The molecule has 0 bridgehead atoms. The average molecular weight is 231 g/mol. The number of rotatable bonds is 3. The number of aldehydes is 1. The highest BCUT2D eigenvalue weighted by molar-refractivity contribution is 5.87. The number of carbonyl (C=O) groups excluding carboxylic acids is 1. The van der Waals surface area contributed by atoms with Gasteiger partial charge in [-0.1, -0.05) is 0 Å². The molecule has 17 heavy (non-hydrogen) atoms. The van der Waals surface area contributed by atoms with E-state index in [1.807, 2.05) is 19.1 Å². The first-order chi connectivity index (χ1) is 8.19. The van der Waals surface area contributed by atoms with Crippen LogP contribution in [-0.4, -0.2) is 25.5 Å².